The van der Waals surface area contributed by atoms with Gasteiger partial charge in [-0.15, -0.1) is 0 Å². The van der Waals surface area contributed by atoms with Crippen LogP contribution in [0.2, 0.25) is 0 Å². The number of methoxy groups -OCH3 is 1. The Kier molecular flexibility index (Phi) is 5.06. The third-order valence-corrected chi connectivity index (χ3v) is 3.14. The van der Waals surface area contributed by atoms with E-state index in [-0.39, 0.29) is 22.8 Å². The lowest BCUT2D eigenvalue weighted by Gasteiger charge is -2.08. The Hall–Kier alpha value is -3.48. The number of carbonyl (C=O) groups excluding carboxylic acids is 1. The van der Waals surface area contributed by atoms with E-state index in [1.54, 1.807) is 12.1 Å². The standard InChI is InChI=1S/C17H15NO6/c1-24-15-7-6-10(9-14(15)20)8-12(17(22)23)18-16(21)11-4-2-3-5-13(11)19/h2-9,19-20H,1H3,(H,18,21)(H,22,23)/b12-8-. The van der Waals surface area contributed by atoms with Crippen LogP contribution in [0.1, 0.15) is 15.9 Å². The van der Waals surface area contributed by atoms with Gasteiger partial charge in [0.2, 0.25) is 0 Å². The minimum atomic E-state index is -1.37. The Bertz CT molecular complexity index is 812. The molecule has 7 nitrogen and oxygen atoms in total. The molecule has 24 heavy (non-hydrogen) atoms. The normalized spacial score (nSPS) is 11.0. The summed E-state index contributed by atoms with van der Waals surface area (Å²) >= 11 is 0. The van der Waals surface area contributed by atoms with Crippen molar-refractivity contribution in [1.82, 2.24) is 5.32 Å². The second kappa shape index (κ2) is 7.19. The van der Waals surface area contributed by atoms with Gasteiger partial charge in [-0.3, -0.25) is 4.79 Å². The van der Waals surface area contributed by atoms with Crippen molar-refractivity contribution < 1.29 is 29.6 Å². The number of hydrogen-bond acceptors (Lipinski definition) is 5. The summed E-state index contributed by atoms with van der Waals surface area (Å²) in [5.74, 6) is -2.32. The Labute approximate surface area is 137 Å². The molecular formula is C17H15NO6. The van der Waals surface area contributed by atoms with Crippen molar-refractivity contribution in [2.45, 2.75) is 0 Å². The van der Waals surface area contributed by atoms with Crippen LogP contribution in [0.3, 0.4) is 0 Å². The summed E-state index contributed by atoms with van der Waals surface area (Å²) in [5.41, 5.74) is -0.113. The number of benzene rings is 2. The summed E-state index contributed by atoms with van der Waals surface area (Å²) in [5, 5.41) is 30.8. The first-order valence-electron chi connectivity index (χ1n) is 6.83. The Morgan fingerprint density at radius 3 is 2.38 bits per heavy atom. The average molecular weight is 329 g/mol. The van der Waals surface area contributed by atoms with E-state index in [1.807, 2.05) is 0 Å². The molecule has 0 aliphatic heterocycles. The number of hydrogen-bond donors (Lipinski definition) is 4. The van der Waals surface area contributed by atoms with Crippen LogP contribution in [0.4, 0.5) is 0 Å². The van der Waals surface area contributed by atoms with Crippen LogP contribution in [-0.4, -0.2) is 34.3 Å². The fraction of sp³-hybridized carbons (Fsp3) is 0.0588. The summed E-state index contributed by atoms with van der Waals surface area (Å²) < 4.78 is 4.90. The number of carboxylic acid groups (broad SMARTS) is 1. The van der Waals surface area contributed by atoms with E-state index in [0.29, 0.717) is 5.56 Å². The van der Waals surface area contributed by atoms with Gasteiger partial charge < -0.3 is 25.4 Å². The minimum absolute atomic E-state index is 0.0535. The Morgan fingerprint density at radius 2 is 1.79 bits per heavy atom. The van der Waals surface area contributed by atoms with Gasteiger partial charge in [-0.05, 0) is 35.9 Å². The van der Waals surface area contributed by atoms with E-state index >= 15 is 0 Å². The quantitative estimate of drug-likeness (QED) is 0.623. The Morgan fingerprint density at radius 1 is 1.08 bits per heavy atom. The number of nitrogens with one attached hydrogen (secondary N) is 1. The minimum Gasteiger partial charge on any atom is -0.507 e. The highest BCUT2D eigenvalue weighted by Crippen LogP contribution is 2.27. The SMILES string of the molecule is COc1ccc(/C=C(\NC(=O)c2ccccc2O)C(=O)O)cc1O. The molecule has 7 heteroatoms. The number of amides is 1. The van der Waals surface area contributed by atoms with Crippen molar-refractivity contribution in [3.63, 3.8) is 0 Å². The average Bonchev–Trinajstić information content (AvgIpc) is 2.54. The number of carboxylic acids is 1. The van der Waals surface area contributed by atoms with Gasteiger partial charge in [-0.25, -0.2) is 4.79 Å². The van der Waals surface area contributed by atoms with Gasteiger partial charge >= 0.3 is 5.97 Å². The number of ether oxygens (including phenoxy) is 1. The maximum atomic E-state index is 12.1. The number of carbonyl (C=O) groups is 2. The molecular weight excluding hydrogens is 314 g/mol. The fourth-order valence-corrected chi connectivity index (χ4v) is 1.97. The monoisotopic (exact) mass is 329 g/mol. The van der Waals surface area contributed by atoms with E-state index in [9.17, 15) is 24.9 Å². The summed E-state index contributed by atoms with van der Waals surface area (Å²) in [6, 6.07) is 10.1. The summed E-state index contributed by atoms with van der Waals surface area (Å²) in [7, 11) is 1.39. The molecule has 0 aliphatic rings. The van der Waals surface area contributed by atoms with Gasteiger partial charge in [0, 0.05) is 0 Å². The molecule has 0 spiro atoms. The molecule has 124 valence electrons. The molecule has 1 amide bonds. The molecule has 0 aromatic heterocycles. The van der Waals surface area contributed by atoms with Gasteiger partial charge in [0.25, 0.3) is 5.91 Å². The smallest absolute Gasteiger partial charge is 0.352 e. The summed E-state index contributed by atoms with van der Waals surface area (Å²) in [6.07, 6.45) is 1.18. The molecule has 2 aromatic carbocycles. The number of para-hydroxylation sites is 1. The maximum Gasteiger partial charge on any atom is 0.352 e. The molecule has 0 fully saturated rings. The highest BCUT2D eigenvalue weighted by molar-refractivity contribution is 6.04. The Balaban J connectivity index is 2.30. The number of aromatic hydroxyl groups is 2. The molecule has 2 aromatic rings. The molecule has 0 heterocycles. The molecule has 0 aliphatic carbocycles. The highest BCUT2D eigenvalue weighted by atomic mass is 16.5. The number of aliphatic carboxylic acids is 1. The van der Waals surface area contributed by atoms with Crippen LogP contribution in [0, 0.1) is 0 Å². The first kappa shape index (κ1) is 16.9. The van der Waals surface area contributed by atoms with Gasteiger partial charge in [0.1, 0.15) is 11.4 Å². The van der Waals surface area contributed by atoms with Crippen molar-refractivity contribution in [3.05, 3.63) is 59.3 Å². The van der Waals surface area contributed by atoms with Crippen LogP contribution in [0.15, 0.2) is 48.2 Å². The molecule has 4 N–H and O–H groups in total. The lowest BCUT2D eigenvalue weighted by molar-refractivity contribution is -0.132. The van der Waals surface area contributed by atoms with Crippen molar-refractivity contribution >= 4 is 18.0 Å². The predicted octanol–water partition coefficient (Wildman–Crippen LogP) is 1.96. The molecule has 0 radical (unpaired) electrons. The fourth-order valence-electron chi connectivity index (χ4n) is 1.97. The van der Waals surface area contributed by atoms with Crippen LogP contribution >= 0.6 is 0 Å². The van der Waals surface area contributed by atoms with Crippen molar-refractivity contribution in [2.24, 2.45) is 0 Å². The lowest BCUT2D eigenvalue weighted by atomic mass is 10.1. The molecule has 2 rings (SSSR count). The summed E-state index contributed by atoms with van der Waals surface area (Å²) in [6.45, 7) is 0. The van der Waals surface area contributed by atoms with E-state index < -0.39 is 17.6 Å². The number of rotatable bonds is 5. The predicted molar refractivity (Wildman–Crippen MR) is 85.8 cm³/mol. The molecule has 0 atom stereocenters. The first-order chi connectivity index (χ1) is 11.4. The van der Waals surface area contributed by atoms with E-state index in [2.05, 4.69) is 5.32 Å². The first-order valence-corrected chi connectivity index (χ1v) is 6.83. The topological polar surface area (TPSA) is 116 Å². The number of phenolic OH excluding ortho intramolecular Hbond substituents is 2. The molecule has 0 unspecified atom stereocenters. The van der Waals surface area contributed by atoms with Crippen LogP contribution < -0.4 is 10.1 Å². The van der Waals surface area contributed by atoms with E-state index in [0.717, 1.165) is 0 Å². The van der Waals surface area contributed by atoms with E-state index in [1.165, 1.54) is 43.5 Å². The molecule has 0 saturated carbocycles. The van der Waals surface area contributed by atoms with Crippen molar-refractivity contribution in [1.29, 1.82) is 0 Å². The van der Waals surface area contributed by atoms with Crippen LogP contribution in [-0.2, 0) is 4.79 Å². The second-order valence-corrected chi connectivity index (χ2v) is 4.77. The lowest BCUT2D eigenvalue weighted by Crippen LogP contribution is -2.27. The molecule has 0 bridgehead atoms. The van der Waals surface area contributed by atoms with Crippen molar-refractivity contribution in [2.75, 3.05) is 7.11 Å². The van der Waals surface area contributed by atoms with Crippen LogP contribution in [0.25, 0.3) is 6.08 Å². The molecule has 0 saturated heterocycles. The van der Waals surface area contributed by atoms with Crippen molar-refractivity contribution in [3.8, 4) is 17.2 Å². The number of phenols is 2. The van der Waals surface area contributed by atoms with E-state index in [4.69, 9.17) is 4.74 Å². The largest absolute Gasteiger partial charge is 0.507 e. The maximum absolute atomic E-state index is 12.1. The van der Waals surface area contributed by atoms with Gasteiger partial charge in [0.05, 0.1) is 12.7 Å². The van der Waals surface area contributed by atoms with Gasteiger partial charge in [-0.1, -0.05) is 18.2 Å². The van der Waals surface area contributed by atoms with Gasteiger partial charge in [-0.2, -0.15) is 0 Å². The second-order valence-electron chi connectivity index (χ2n) is 4.77. The zero-order valence-corrected chi connectivity index (χ0v) is 12.7. The third-order valence-electron chi connectivity index (χ3n) is 3.14. The van der Waals surface area contributed by atoms with Crippen LogP contribution in [0.5, 0.6) is 17.2 Å². The zero-order valence-electron chi connectivity index (χ0n) is 12.7. The third kappa shape index (κ3) is 3.83. The summed E-state index contributed by atoms with van der Waals surface area (Å²) in [4.78, 5) is 23.4. The zero-order chi connectivity index (χ0) is 17.7. The van der Waals surface area contributed by atoms with Gasteiger partial charge in [0.15, 0.2) is 11.5 Å². The highest BCUT2D eigenvalue weighted by Gasteiger charge is 2.16.